The fraction of sp³-hybridized carbons (Fsp3) is 0.167. The zero-order valence-corrected chi connectivity index (χ0v) is 8.09. The van der Waals surface area contributed by atoms with E-state index in [0.29, 0.717) is 5.88 Å². The van der Waals surface area contributed by atoms with Crippen molar-refractivity contribution in [1.82, 2.24) is 0 Å². The molecule has 0 fully saturated rings. The molecule has 0 amide bonds. The minimum absolute atomic E-state index is 0.609. The standard InChI is InChI=1S/C12H11Cl/c1-2-11(9-6-10-13)12-7-4-3-5-8-12/h1,3-5,7-9H,6,10H2/b11-9+. The summed E-state index contributed by atoms with van der Waals surface area (Å²) in [5.74, 6) is 3.26. The predicted molar refractivity (Wildman–Crippen MR) is 58.6 cm³/mol. The van der Waals surface area contributed by atoms with Crippen LogP contribution in [0.5, 0.6) is 0 Å². The molecule has 66 valence electrons. The lowest BCUT2D eigenvalue weighted by molar-refractivity contribution is 1.24. The van der Waals surface area contributed by atoms with E-state index in [1.165, 1.54) is 0 Å². The van der Waals surface area contributed by atoms with Crippen LogP contribution in [0, 0.1) is 12.3 Å². The summed E-state index contributed by atoms with van der Waals surface area (Å²) in [5, 5.41) is 0. The molecule has 1 rings (SSSR count). The molecule has 0 aliphatic carbocycles. The van der Waals surface area contributed by atoms with Gasteiger partial charge >= 0.3 is 0 Å². The van der Waals surface area contributed by atoms with E-state index in [4.69, 9.17) is 18.0 Å². The summed E-state index contributed by atoms with van der Waals surface area (Å²) in [6.07, 6.45) is 8.19. The Kier molecular flexibility index (Phi) is 4.15. The van der Waals surface area contributed by atoms with Crippen molar-refractivity contribution in [2.75, 3.05) is 5.88 Å². The van der Waals surface area contributed by atoms with Gasteiger partial charge in [-0.3, -0.25) is 0 Å². The topological polar surface area (TPSA) is 0 Å². The molecule has 0 spiro atoms. The van der Waals surface area contributed by atoms with Crippen LogP contribution in [-0.2, 0) is 0 Å². The quantitative estimate of drug-likeness (QED) is 0.507. The molecule has 0 radical (unpaired) electrons. The van der Waals surface area contributed by atoms with Crippen LogP contribution in [0.4, 0.5) is 0 Å². The SMILES string of the molecule is C#C/C(=C\CCCl)c1ccccc1. The van der Waals surface area contributed by atoms with Crippen molar-refractivity contribution in [3.63, 3.8) is 0 Å². The van der Waals surface area contributed by atoms with E-state index in [1.54, 1.807) is 0 Å². The Morgan fingerprint density at radius 1 is 1.38 bits per heavy atom. The third kappa shape index (κ3) is 2.97. The molecule has 0 bridgehead atoms. The Balaban J connectivity index is 2.87. The van der Waals surface area contributed by atoms with Gasteiger partial charge in [0.2, 0.25) is 0 Å². The van der Waals surface area contributed by atoms with Gasteiger partial charge in [-0.15, -0.1) is 18.0 Å². The summed E-state index contributed by atoms with van der Waals surface area (Å²) in [7, 11) is 0. The molecule has 0 nitrogen and oxygen atoms in total. The fourth-order valence-electron chi connectivity index (χ4n) is 1.08. The first-order valence-corrected chi connectivity index (χ1v) is 4.70. The average molecular weight is 191 g/mol. The second-order valence-corrected chi connectivity index (χ2v) is 2.98. The van der Waals surface area contributed by atoms with Gasteiger partial charge in [0.15, 0.2) is 0 Å². The van der Waals surface area contributed by atoms with Crippen molar-refractivity contribution >= 4 is 17.2 Å². The van der Waals surface area contributed by atoms with Gasteiger partial charge in [-0.05, 0) is 12.0 Å². The summed E-state index contributed by atoms with van der Waals surface area (Å²) >= 11 is 5.58. The van der Waals surface area contributed by atoms with Crippen molar-refractivity contribution in [3.8, 4) is 12.3 Å². The van der Waals surface area contributed by atoms with E-state index in [9.17, 15) is 0 Å². The third-order valence-electron chi connectivity index (χ3n) is 1.70. The normalized spacial score (nSPS) is 10.9. The van der Waals surface area contributed by atoms with E-state index in [0.717, 1.165) is 17.6 Å². The Morgan fingerprint density at radius 3 is 2.62 bits per heavy atom. The molecule has 0 N–H and O–H groups in total. The van der Waals surface area contributed by atoms with Gasteiger partial charge in [0, 0.05) is 11.5 Å². The summed E-state index contributed by atoms with van der Waals surface area (Å²) in [4.78, 5) is 0. The molecule has 0 heterocycles. The monoisotopic (exact) mass is 190 g/mol. The maximum absolute atomic E-state index is 5.58. The van der Waals surface area contributed by atoms with Gasteiger partial charge in [-0.2, -0.15) is 0 Å². The smallest absolute Gasteiger partial charge is 0.0275 e. The van der Waals surface area contributed by atoms with Crippen LogP contribution in [0.15, 0.2) is 36.4 Å². The third-order valence-corrected chi connectivity index (χ3v) is 1.92. The Labute approximate surface area is 84.2 Å². The van der Waals surface area contributed by atoms with Crippen LogP contribution in [0.1, 0.15) is 12.0 Å². The Bertz CT molecular complexity index is 317. The van der Waals surface area contributed by atoms with Gasteiger partial charge in [-0.1, -0.05) is 42.3 Å². The van der Waals surface area contributed by atoms with E-state index in [2.05, 4.69) is 5.92 Å². The highest BCUT2D eigenvalue weighted by atomic mass is 35.5. The molecule has 0 aliphatic heterocycles. The number of hydrogen-bond acceptors (Lipinski definition) is 0. The lowest BCUT2D eigenvalue weighted by Crippen LogP contribution is -1.80. The number of allylic oxidation sites excluding steroid dienone is 2. The van der Waals surface area contributed by atoms with Crippen molar-refractivity contribution in [3.05, 3.63) is 42.0 Å². The average Bonchev–Trinajstić information content (AvgIpc) is 2.21. The van der Waals surface area contributed by atoms with E-state index < -0.39 is 0 Å². The van der Waals surface area contributed by atoms with Crippen LogP contribution in [-0.4, -0.2) is 5.88 Å². The molecule has 0 saturated heterocycles. The molecule has 0 aliphatic rings. The van der Waals surface area contributed by atoms with E-state index in [-0.39, 0.29) is 0 Å². The number of terminal acetylenes is 1. The molecule has 0 aromatic heterocycles. The Morgan fingerprint density at radius 2 is 2.08 bits per heavy atom. The minimum atomic E-state index is 0.609. The van der Waals surface area contributed by atoms with Crippen LogP contribution < -0.4 is 0 Å². The first kappa shape index (κ1) is 9.89. The van der Waals surface area contributed by atoms with E-state index >= 15 is 0 Å². The highest BCUT2D eigenvalue weighted by Crippen LogP contribution is 2.13. The molecular formula is C12H11Cl. The van der Waals surface area contributed by atoms with Crippen LogP contribution in [0.3, 0.4) is 0 Å². The minimum Gasteiger partial charge on any atom is -0.126 e. The maximum Gasteiger partial charge on any atom is 0.0275 e. The van der Waals surface area contributed by atoms with Gasteiger partial charge in [0.05, 0.1) is 0 Å². The number of rotatable bonds is 3. The second-order valence-electron chi connectivity index (χ2n) is 2.61. The van der Waals surface area contributed by atoms with Crippen molar-refractivity contribution in [2.24, 2.45) is 0 Å². The lowest BCUT2D eigenvalue weighted by atomic mass is 10.1. The molecule has 0 saturated carbocycles. The molecular weight excluding hydrogens is 180 g/mol. The summed E-state index contributed by atoms with van der Waals surface area (Å²) in [6, 6.07) is 9.92. The summed E-state index contributed by atoms with van der Waals surface area (Å²) in [5.41, 5.74) is 2.00. The highest BCUT2D eigenvalue weighted by molar-refractivity contribution is 6.18. The number of hydrogen-bond donors (Lipinski definition) is 0. The van der Waals surface area contributed by atoms with Crippen molar-refractivity contribution in [1.29, 1.82) is 0 Å². The highest BCUT2D eigenvalue weighted by Gasteiger charge is 1.94. The molecule has 0 atom stereocenters. The molecule has 13 heavy (non-hydrogen) atoms. The largest absolute Gasteiger partial charge is 0.126 e. The number of benzene rings is 1. The lowest BCUT2D eigenvalue weighted by Gasteiger charge is -1.98. The fourth-order valence-corrected chi connectivity index (χ4v) is 1.19. The van der Waals surface area contributed by atoms with Crippen LogP contribution in [0.25, 0.3) is 5.57 Å². The van der Waals surface area contributed by atoms with Crippen LogP contribution >= 0.6 is 11.6 Å². The molecule has 1 aromatic carbocycles. The zero-order chi connectivity index (χ0) is 9.52. The van der Waals surface area contributed by atoms with Gasteiger partial charge in [0.1, 0.15) is 0 Å². The first-order chi connectivity index (χ1) is 6.38. The molecule has 0 unspecified atom stereocenters. The van der Waals surface area contributed by atoms with Gasteiger partial charge in [0.25, 0.3) is 0 Å². The first-order valence-electron chi connectivity index (χ1n) is 4.16. The summed E-state index contributed by atoms with van der Waals surface area (Å²) < 4.78 is 0. The second kappa shape index (κ2) is 5.45. The maximum atomic E-state index is 5.58. The Hall–Kier alpha value is -1.19. The molecule has 1 aromatic rings. The molecule has 1 heteroatoms. The van der Waals surface area contributed by atoms with E-state index in [1.807, 2.05) is 36.4 Å². The van der Waals surface area contributed by atoms with Crippen molar-refractivity contribution in [2.45, 2.75) is 6.42 Å². The van der Waals surface area contributed by atoms with Crippen LogP contribution in [0.2, 0.25) is 0 Å². The zero-order valence-electron chi connectivity index (χ0n) is 7.33. The van der Waals surface area contributed by atoms with Gasteiger partial charge < -0.3 is 0 Å². The number of alkyl halides is 1. The summed E-state index contributed by atoms with van der Waals surface area (Å²) in [6.45, 7) is 0. The number of halogens is 1. The van der Waals surface area contributed by atoms with Crippen molar-refractivity contribution < 1.29 is 0 Å². The van der Waals surface area contributed by atoms with Gasteiger partial charge in [-0.25, -0.2) is 0 Å². The predicted octanol–water partition coefficient (Wildman–Crippen LogP) is 3.33.